The van der Waals surface area contributed by atoms with E-state index in [1.807, 2.05) is 0 Å². The molecule has 0 saturated heterocycles. The van der Waals surface area contributed by atoms with Crippen LogP contribution in [0.4, 0.5) is 0 Å². The van der Waals surface area contributed by atoms with Gasteiger partial charge in [-0.1, -0.05) is 237 Å². The van der Waals surface area contributed by atoms with Gasteiger partial charge in [-0.15, -0.1) is 0 Å². The van der Waals surface area contributed by atoms with E-state index >= 15 is 0 Å². The summed E-state index contributed by atoms with van der Waals surface area (Å²) in [5, 5.41) is 7.47. The van der Waals surface area contributed by atoms with E-state index in [4.69, 9.17) is 0 Å². The monoisotopic (exact) mass is 836 g/mol. The molecule has 0 unspecified atom stereocenters. The predicted molar refractivity (Wildman–Crippen MR) is 282 cm³/mol. The average Bonchev–Trinajstić information content (AvgIpc) is 3.40. The normalized spacial score (nSPS) is 11.3. The smallest absolute Gasteiger partial charge is 0.00262 e. The van der Waals surface area contributed by atoms with Gasteiger partial charge in [0.2, 0.25) is 0 Å². The molecule has 0 aliphatic heterocycles. The number of hydrogen-bond donors (Lipinski definition) is 0. The van der Waals surface area contributed by atoms with E-state index in [1.54, 1.807) is 0 Å². The van der Waals surface area contributed by atoms with Crippen LogP contribution in [0.1, 0.15) is 0 Å². The number of fused-ring (bicyclic) bond motifs is 3. The molecule has 0 radical (unpaired) electrons. The summed E-state index contributed by atoms with van der Waals surface area (Å²) < 4.78 is 0. The molecule has 0 atom stereocenters. The standard InChI is InChI=1S/C66H44/c1-5-18-45(19-6-1)51-26-17-27-55(41-51)63-44-57(43-62(48-22-9-3-10-23-48)65(63)49-24-11-4-12-25-49)47-32-34-50(35-33-47)64-58-28-13-15-30-60(58)66(61-31-16-14-29-59(61)64)56-39-38-53-40-52(36-37-54(53)42-56)46-20-7-2-8-21-46/h1-44H. The summed E-state index contributed by atoms with van der Waals surface area (Å²) in [6.07, 6.45) is 0. The summed E-state index contributed by atoms with van der Waals surface area (Å²) in [5.41, 5.74) is 19.4. The molecule has 12 aromatic rings. The third-order valence-electron chi connectivity index (χ3n) is 13.2. The van der Waals surface area contributed by atoms with Crippen LogP contribution in [0.15, 0.2) is 267 Å². The lowest BCUT2D eigenvalue weighted by atomic mass is 9.83. The second kappa shape index (κ2) is 16.8. The lowest BCUT2D eigenvalue weighted by Crippen LogP contribution is -1.94. The van der Waals surface area contributed by atoms with E-state index in [2.05, 4.69) is 267 Å². The van der Waals surface area contributed by atoms with Crippen molar-refractivity contribution in [2.24, 2.45) is 0 Å². The summed E-state index contributed by atoms with van der Waals surface area (Å²) in [5.74, 6) is 0. The highest BCUT2D eigenvalue weighted by Gasteiger charge is 2.20. The predicted octanol–water partition coefficient (Wildman–Crippen LogP) is 18.5. The van der Waals surface area contributed by atoms with E-state index in [-0.39, 0.29) is 0 Å². The topological polar surface area (TPSA) is 0 Å². The molecule has 0 N–H and O–H groups in total. The fraction of sp³-hybridized carbons (Fsp3) is 0. The Morgan fingerprint density at radius 3 is 1.03 bits per heavy atom. The summed E-state index contributed by atoms with van der Waals surface area (Å²) in [6.45, 7) is 0. The van der Waals surface area contributed by atoms with Crippen molar-refractivity contribution in [3.63, 3.8) is 0 Å². The van der Waals surface area contributed by atoms with Gasteiger partial charge in [-0.2, -0.15) is 0 Å². The van der Waals surface area contributed by atoms with Crippen molar-refractivity contribution >= 4 is 32.3 Å². The zero-order valence-electron chi connectivity index (χ0n) is 36.4. The van der Waals surface area contributed by atoms with Gasteiger partial charge in [0.05, 0.1) is 0 Å². The Balaban J connectivity index is 1.00. The summed E-state index contributed by atoms with van der Waals surface area (Å²) in [7, 11) is 0. The SMILES string of the molecule is c1ccc(-c2cccc(-c3cc(-c4ccc(-c5c6ccccc6c(-c6ccc7cc(-c8ccccc8)ccc7c6)c6ccccc56)cc4)cc(-c4ccccc4)c3-c3ccccc3)c2)cc1. The molecular weight excluding hydrogens is 793 g/mol. The van der Waals surface area contributed by atoms with Crippen molar-refractivity contribution in [3.8, 4) is 89.0 Å². The van der Waals surface area contributed by atoms with E-state index < -0.39 is 0 Å². The molecular formula is C66H44. The minimum Gasteiger partial charge on any atom is -0.0622 e. The molecule has 0 spiro atoms. The lowest BCUT2D eigenvalue weighted by Gasteiger charge is -2.20. The van der Waals surface area contributed by atoms with Crippen LogP contribution in [0, 0.1) is 0 Å². The molecule has 0 aromatic heterocycles. The summed E-state index contributed by atoms with van der Waals surface area (Å²) in [6, 6.07) is 97.8. The Hall–Kier alpha value is -8.58. The zero-order valence-corrected chi connectivity index (χ0v) is 36.4. The second-order valence-electron chi connectivity index (χ2n) is 17.2. The largest absolute Gasteiger partial charge is 0.0622 e. The van der Waals surface area contributed by atoms with Crippen molar-refractivity contribution < 1.29 is 0 Å². The molecule has 0 heterocycles. The van der Waals surface area contributed by atoms with Crippen LogP contribution < -0.4 is 0 Å². The molecule has 0 aliphatic rings. The van der Waals surface area contributed by atoms with Crippen LogP contribution >= 0.6 is 0 Å². The Morgan fingerprint density at radius 2 is 0.485 bits per heavy atom. The molecule has 0 aliphatic carbocycles. The Morgan fingerprint density at radius 1 is 0.152 bits per heavy atom. The van der Waals surface area contributed by atoms with E-state index in [9.17, 15) is 0 Å². The molecule has 66 heavy (non-hydrogen) atoms. The zero-order chi connectivity index (χ0) is 43.8. The van der Waals surface area contributed by atoms with Crippen LogP contribution in [0.25, 0.3) is 121 Å². The van der Waals surface area contributed by atoms with Crippen molar-refractivity contribution in [2.75, 3.05) is 0 Å². The van der Waals surface area contributed by atoms with E-state index in [0.717, 1.165) is 0 Å². The van der Waals surface area contributed by atoms with Gasteiger partial charge in [0.15, 0.2) is 0 Å². The van der Waals surface area contributed by atoms with Crippen molar-refractivity contribution in [2.45, 2.75) is 0 Å². The highest BCUT2D eigenvalue weighted by Crippen LogP contribution is 2.47. The molecule has 0 bridgehead atoms. The van der Waals surface area contributed by atoms with Crippen LogP contribution in [0.2, 0.25) is 0 Å². The first-order valence-electron chi connectivity index (χ1n) is 22.8. The highest BCUT2D eigenvalue weighted by atomic mass is 14.2. The minimum absolute atomic E-state index is 1.17. The summed E-state index contributed by atoms with van der Waals surface area (Å²) >= 11 is 0. The molecule has 0 amide bonds. The number of benzene rings is 12. The number of rotatable bonds is 8. The maximum Gasteiger partial charge on any atom is -0.00262 e. The van der Waals surface area contributed by atoms with Gasteiger partial charge in [-0.3, -0.25) is 0 Å². The van der Waals surface area contributed by atoms with E-state index in [0.29, 0.717) is 0 Å². The first-order chi connectivity index (χ1) is 32.7. The Bertz CT molecular complexity index is 3640. The quantitative estimate of drug-likeness (QED) is 0.134. The first kappa shape index (κ1) is 39.0. The molecule has 0 nitrogen and oxygen atoms in total. The van der Waals surface area contributed by atoms with Gasteiger partial charge in [0.25, 0.3) is 0 Å². The van der Waals surface area contributed by atoms with Crippen LogP contribution in [-0.2, 0) is 0 Å². The molecule has 12 rings (SSSR count). The third-order valence-corrected chi connectivity index (χ3v) is 13.2. The average molecular weight is 837 g/mol. The van der Waals surface area contributed by atoms with Crippen LogP contribution in [0.3, 0.4) is 0 Å². The Kier molecular flexibility index (Phi) is 9.97. The second-order valence-corrected chi connectivity index (χ2v) is 17.2. The number of hydrogen-bond acceptors (Lipinski definition) is 0. The highest BCUT2D eigenvalue weighted by molar-refractivity contribution is 6.21. The first-order valence-corrected chi connectivity index (χ1v) is 22.8. The maximum atomic E-state index is 2.40. The van der Waals surface area contributed by atoms with Crippen molar-refractivity contribution in [3.05, 3.63) is 267 Å². The lowest BCUT2D eigenvalue weighted by molar-refractivity contribution is 1.54. The van der Waals surface area contributed by atoms with E-state index in [1.165, 1.54) is 121 Å². The van der Waals surface area contributed by atoms with Gasteiger partial charge >= 0.3 is 0 Å². The van der Waals surface area contributed by atoms with Gasteiger partial charge in [0, 0.05) is 0 Å². The Labute approximate surface area is 386 Å². The fourth-order valence-electron chi connectivity index (χ4n) is 10.1. The summed E-state index contributed by atoms with van der Waals surface area (Å²) in [4.78, 5) is 0. The third kappa shape index (κ3) is 7.16. The van der Waals surface area contributed by atoms with Gasteiger partial charge in [-0.25, -0.2) is 0 Å². The fourth-order valence-corrected chi connectivity index (χ4v) is 10.1. The maximum absolute atomic E-state index is 2.40. The van der Waals surface area contributed by atoms with Gasteiger partial charge in [0.1, 0.15) is 0 Å². The van der Waals surface area contributed by atoms with Crippen molar-refractivity contribution in [1.82, 2.24) is 0 Å². The molecule has 0 saturated carbocycles. The molecule has 12 aromatic carbocycles. The molecule has 308 valence electrons. The van der Waals surface area contributed by atoms with Gasteiger partial charge in [-0.05, 0) is 152 Å². The minimum atomic E-state index is 1.17. The molecule has 0 fully saturated rings. The van der Waals surface area contributed by atoms with Crippen LogP contribution in [-0.4, -0.2) is 0 Å². The van der Waals surface area contributed by atoms with Gasteiger partial charge < -0.3 is 0 Å². The molecule has 0 heteroatoms. The van der Waals surface area contributed by atoms with Crippen LogP contribution in [0.5, 0.6) is 0 Å². The van der Waals surface area contributed by atoms with Crippen molar-refractivity contribution in [1.29, 1.82) is 0 Å².